The van der Waals surface area contributed by atoms with Crippen LogP contribution < -0.4 is 5.32 Å². The van der Waals surface area contributed by atoms with E-state index in [0.29, 0.717) is 0 Å². The fourth-order valence-corrected chi connectivity index (χ4v) is 2.75. The molecule has 0 radical (unpaired) electrons. The van der Waals surface area contributed by atoms with Crippen molar-refractivity contribution >= 4 is 17.0 Å². The maximum atomic E-state index is 13.3. The number of thiophene rings is 1. The van der Waals surface area contributed by atoms with Crippen molar-refractivity contribution in [2.75, 3.05) is 5.32 Å². The minimum absolute atomic E-state index is 0.187. The summed E-state index contributed by atoms with van der Waals surface area (Å²) in [6.45, 7) is 4.03. The van der Waals surface area contributed by atoms with Crippen LogP contribution in [0.15, 0.2) is 35.7 Å². The summed E-state index contributed by atoms with van der Waals surface area (Å²) in [5.41, 5.74) is 1.79. The van der Waals surface area contributed by atoms with Crippen LogP contribution in [0.25, 0.3) is 0 Å². The van der Waals surface area contributed by atoms with Crippen LogP contribution in [-0.2, 0) is 0 Å². The molecule has 1 unspecified atom stereocenters. The van der Waals surface area contributed by atoms with Crippen LogP contribution in [0, 0.1) is 12.7 Å². The molecule has 0 fully saturated rings. The summed E-state index contributed by atoms with van der Waals surface area (Å²) in [6, 6.07) is 9.47. The molecule has 0 aliphatic rings. The molecule has 1 aromatic heterocycles. The maximum absolute atomic E-state index is 13.3. The van der Waals surface area contributed by atoms with Gasteiger partial charge in [-0.15, -0.1) is 11.3 Å². The van der Waals surface area contributed by atoms with E-state index in [9.17, 15) is 4.39 Å². The highest BCUT2D eigenvalue weighted by Crippen LogP contribution is 2.26. The van der Waals surface area contributed by atoms with Gasteiger partial charge in [0.15, 0.2) is 0 Å². The van der Waals surface area contributed by atoms with Gasteiger partial charge in [-0.25, -0.2) is 4.39 Å². The van der Waals surface area contributed by atoms with Crippen LogP contribution in [0.5, 0.6) is 0 Å². The molecule has 2 aromatic rings. The Bertz CT molecular complexity index is 459. The smallest absolute Gasteiger partial charge is 0.125 e. The molecule has 90 valence electrons. The molecule has 0 aliphatic heterocycles. The number of rotatable bonds is 4. The second-order valence-electron chi connectivity index (χ2n) is 4.14. The normalized spacial score (nSPS) is 12.4. The first-order valence-corrected chi connectivity index (χ1v) is 6.64. The van der Waals surface area contributed by atoms with Crippen molar-refractivity contribution in [1.29, 1.82) is 0 Å². The Kier molecular flexibility index (Phi) is 3.79. The van der Waals surface area contributed by atoms with Crippen LogP contribution in [0.3, 0.4) is 0 Å². The van der Waals surface area contributed by atoms with E-state index in [1.54, 1.807) is 17.4 Å². The first-order chi connectivity index (χ1) is 8.19. The zero-order valence-electron chi connectivity index (χ0n) is 10.0. The molecule has 0 saturated carbocycles. The third kappa shape index (κ3) is 3.07. The number of aryl methyl sites for hydroxylation is 1. The number of benzene rings is 1. The van der Waals surface area contributed by atoms with Crippen LogP contribution in [0.2, 0.25) is 0 Å². The van der Waals surface area contributed by atoms with E-state index in [-0.39, 0.29) is 11.9 Å². The van der Waals surface area contributed by atoms with Crippen molar-refractivity contribution in [3.05, 3.63) is 52.0 Å². The van der Waals surface area contributed by atoms with Gasteiger partial charge in [0.2, 0.25) is 0 Å². The maximum Gasteiger partial charge on any atom is 0.125 e. The average molecular weight is 249 g/mol. The Morgan fingerprint density at radius 3 is 2.76 bits per heavy atom. The van der Waals surface area contributed by atoms with E-state index in [4.69, 9.17) is 0 Å². The summed E-state index contributed by atoms with van der Waals surface area (Å²) >= 11 is 1.73. The van der Waals surface area contributed by atoms with E-state index in [0.717, 1.165) is 17.7 Å². The molecule has 0 amide bonds. The zero-order valence-corrected chi connectivity index (χ0v) is 10.9. The highest BCUT2D eigenvalue weighted by atomic mass is 32.1. The quantitative estimate of drug-likeness (QED) is 0.823. The Balaban J connectivity index is 2.18. The Labute approximate surface area is 105 Å². The lowest BCUT2D eigenvalue weighted by Crippen LogP contribution is -2.08. The van der Waals surface area contributed by atoms with Gasteiger partial charge >= 0.3 is 0 Å². The van der Waals surface area contributed by atoms with E-state index in [1.165, 1.54) is 10.9 Å². The number of hydrogen-bond donors (Lipinski definition) is 1. The SMILES string of the molecule is CCC(Nc1cc(C)cc(F)c1)c1cccs1. The summed E-state index contributed by atoms with van der Waals surface area (Å²) < 4.78 is 13.3. The van der Waals surface area contributed by atoms with Gasteiger partial charge in [0.05, 0.1) is 6.04 Å². The Hall–Kier alpha value is -1.35. The average Bonchev–Trinajstić information content (AvgIpc) is 2.77. The molecule has 1 N–H and O–H groups in total. The summed E-state index contributed by atoms with van der Waals surface area (Å²) in [5.74, 6) is -0.187. The third-order valence-corrected chi connectivity index (χ3v) is 3.66. The Morgan fingerprint density at radius 1 is 1.35 bits per heavy atom. The van der Waals surface area contributed by atoms with Gasteiger partial charge in [0, 0.05) is 10.6 Å². The lowest BCUT2D eigenvalue weighted by Gasteiger charge is -2.17. The van der Waals surface area contributed by atoms with E-state index in [1.807, 2.05) is 19.1 Å². The molecule has 1 aromatic carbocycles. The molecule has 0 spiro atoms. The van der Waals surface area contributed by atoms with Crippen LogP contribution in [0.1, 0.15) is 29.8 Å². The van der Waals surface area contributed by atoms with Gasteiger partial charge in [-0.1, -0.05) is 13.0 Å². The largest absolute Gasteiger partial charge is 0.377 e. The summed E-state index contributed by atoms with van der Waals surface area (Å²) in [6.07, 6.45) is 0.982. The summed E-state index contributed by atoms with van der Waals surface area (Å²) in [7, 11) is 0. The number of halogens is 1. The molecule has 0 saturated heterocycles. The number of hydrogen-bond acceptors (Lipinski definition) is 2. The lowest BCUT2D eigenvalue weighted by molar-refractivity contribution is 0.626. The minimum atomic E-state index is -0.187. The van der Waals surface area contributed by atoms with Gasteiger partial charge < -0.3 is 5.32 Å². The van der Waals surface area contributed by atoms with Crippen molar-refractivity contribution in [3.63, 3.8) is 0 Å². The minimum Gasteiger partial charge on any atom is -0.377 e. The molecule has 1 nitrogen and oxygen atoms in total. The van der Waals surface area contributed by atoms with E-state index >= 15 is 0 Å². The van der Waals surface area contributed by atoms with Gasteiger partial charge in [-0.05, 0) is 48.6 Å². The van der Waals surface area contributed by atoms with Gasteiger partial charge in [-0.2, -0.15) is 0 Å². The number of nitrogens with one attached hydrogen (secondary N) is 1. The second-order valence-corrected chi connectivity index (χ2v) is 5.12. The molecule has 0 bridgehead atoms. The van der Waals surface area contributed by atoms with Crippen LogP contribution in [0.4, 0.5) is 10.1 Å². The van der Waals surface area contributed by atoms with Gasteiger partial charge in [0.25, 0.3) is 0 Å². The predicted octanol–water partition coefficient (Wildman–Crippen LogP) is 4.76. The molecular weight excluding hydrogens is 233 g/mol. The summed E-state index contributed by atoms with van der Waals surface area (Å²) in [4.78, 5) is 1.29. The molecular formula is C14H16FNS. The number of anilines is 1. The Morgan fingerprint density at radius 2 is 2.18 bits per heavy atom. The van der Waals surface area contributed by atoms with Crippen molar-refractivity contribution in [2.45, 2.75) is 26.3 Å². The lowest BCUT2D eigenvalue weighted by atomic mass is 10.1. The van der Waals surface area contributed by atoms with Crippen molar-refractivity contribution in [1.82, 2.24) is 0 Å². The molecule has 2 rings (SSSR count). The van der Waals surface area contributed by atoms with Crippen molar-refractivity contribution in [2.24, 2.45) is 0 Å². The third-order valence-electron chi connectivity index (χ3n) is 2.68. The van der Waals surface area contributed by atoms with Gasteiger partial charge in [0.1, 0.15) is 5.82 Å². The molecule has 1 atom stereocenters. The second kappa shape index (κ2) is 5.32. The van der Waals surface area contributed by atoms with E-state index < -0.39 is 0 Å². The molecule has 0 aliphatic carbocycles. The highest BCUT2D eigenvalue weighted by molar-refractivity contribution is 7.10. The zero-order chi connectivity index (χ0) is 12.3. The van der Waals surface area contributed by atoms with Crippen LogP contribution >= 0.6 is 11.3 Å². The topological polar surface area (TPSA) is 12.0 Å². The van der Waals surface area contributed by atoms with Crippen LogP contribution in [-0.4, -0.2) is 0 Å². The van der Waals surface area contributed by atoms with Crippen molar-refractivity contribution < 1.29 is 4.39 Å². The van der Waals surface area contributed by atoms with Crippen molar-refractivity contribution in [3.8, 4) is 0 Å². The molecule has 3 heteroatoms. The monoisotopic (exact) mass is 249 g/mol. The first kappa shape index (κ1) is 12.1. The van der Waals surface area contributed by atoms with E-state index in [2.05, 4.69) is 23.7 Å². The standard InChI is InChI=1S/C14H16FNS/c1-3-13(14-5-4-6-17-14)16-12-8-10(2)7-11(15)9-12/h4-9,13,16H,3H2,1-2H3. The fourth-order valence-electron chi connectivity index (χ4n) is 1.88. The van der Waals surface area contributed by atoms with Gasteiger partial charge in [-0.3, -0.25) is 0 Å². The molecule has 1 heterocycles. The first-order valence-electron chi connectivity index (χ1n) is 5.76. The molecule has 17 heavy (non-hydrogen) atoms. The highest BCUT2D eigenvalue weighted by Gasteiger charge is 2.10. The summed E-state index contributed by atoms with van der Waals surface area (Å²) in [5, 5.41) is 5.45. The fraction of sp³-hybridized carbons (Fsp3) is 0.286. The predicted molar refractivity (Wildman–Crippen MR) is 72.1 cm³/mol.